The summed E-state index contributed by atoms with van der Waals surface area (Å²) in [5.74, 6) is -0.0795. The topological polar surface area (TPSA) is 69.6 Å². The zero-order chi connectivity index (χ0) is 39.3. The Kier molecular flexibility index (Phi) is 44.8. The van der Waals surface area contributed by atoms with Crippen molar-refractivity contribution in [2.45, 2.75) is 270 Å². The first-order chi connectivity index (χ1) is 26.7. The molecule has 0 heterocycles. The maximum atomic E-state index is 12.3. The Morgan fingerprint density at radius 3 is 1.07 bits per heavy atom. The molecule has 0 saturated carbocycles. The summed E-state index contributed by atoms with van der Waals surface area (Å²) in [5.41, 5.74) is 0. The first-order valence-corrected chi connectivity index (χ1v) is 24.2. The van der Waals surface area contributed by atoms with Gasteiger partial charge in [0.2, 0.25) is 5.91 Å². The van der Waals surface area contributed by atoms with Crippen molar-refractivity contribution in [2.24, 2.45) is 0 Å². The molecule has 0 aliphatic heterocycles. The van der Waals surface area contributed by atoms with Gasteiger partial charge in [0, 0.05) is 6.42 Å². The predicted octanol–water partition coefficient (Wildman–Crippen LogP) is 15.4. The van der Waals surface area contributed by atoms with Crippen LogP contribution >= 0.6 is 0 Å². The molecule has 2 atom stereocenters. The van der Waals surface area contributed by atoms with Gasteiger partial charge in [0.15, 0.2) is 0 Å². The van der Waals surface area contributed by atoms with Crippen LogP contribution in [0.1, 0.15) is 258 Å². The van der Waals surface area contributed by atoms with Crippen molar-refractivity contribution in [1.82, 2.24) is 5.32 Å². The van der Waals surface area contributed by atoms with E-state index in [1.807, 2.05) is 6.08 Å². The standard InChI is InChI=1S/C50H95NO3/c1-3-5-7-9-11-13-15-16-17-18-19-20-21-22-23-24-25-26-27-28-29-30-31-32-33-34-35-36-37-39-41-43-45-49(53)48(47-52)51-50(54)46-44-42-40-38-14-12-10-8-6-4-2/h32-33,36-37,43,45,48-49,52-53H,3-31,34-35,38-42,44,46-47H2,1-2H3,(H,51,54)/b33-32+,37-36+,45-43+. The average molecular weight is 758 g/mol. The average Bonchev–Trinajstić information content (AvgIpc) is 3.18. The zero-order valence-electron chi connectivity index (χ0n) is 36.5. The summed E-state index contributed by atoms with van der Waals surface area (Å²) < 4.78 is 0. The van der Waals surface area contributed by atoms with Crippen LogP contribution in [0.25, 0.3) is 0 Å². The Bertz CT molecular complexity index is 821. The molecule has 54 heavy (non-hydrogen) atoms. The Balaban J connectivity index is 3.50. The number of hydrogen-bond donors (Lipinski definition) is 3. The van der Waals surface area contributed by atoms with Crippen molar-refractivity contribution >= 4 is 5.91 Å². The number of unbranched alkanes of at least 4 members (excludes halogenated alkanes) is 33. The number of nitrogens with one attached hydrogen (secondary N) is 1. The van der Waals surface area contributed by atoms with Gasteiger partial charge < -0.3 is 15.5 Å². The molecular formula is C50H95NO3. The molecule has 0 bridgehead atoms. The molecule has 4 heteroatoms. The molecule has 0 aromatic carbocycles. The smallest absolute Gasteiger partial charge is 0.220 e. The second kappa shape index (κ2) is 46.0. The largest absolute Gasteiger partial charge is 0.394 e. The molecule has 0 aliphatic carbocycles. The molecule has 2 unspecified atom stereocenters. The molecule has 0 aliphatic rings. The highest BCUT2D eigenvalue weighted by molar-refractivity contribution is 5.76. The van der Waals surface area contributed by atoms with E-state index in [1.165, 1.54) is 199 Å². The lowest BCUT2D eigenvalue weighted by Gasteiger charge is -2.19. The van der Waals surface area contributed by atoms with Gasteiger partial charge in [-0.25, -0.2) is 0 Å². The molecule has 0 rings (SSSR count). The van der Waals surface area contributed by atoms with E-state index in [0.717, 1.165) is 38.5 Å². The minimum absolute atomic E-state index is 0.0795. The van der Waals surface area contributed by atoms with Crippen LogP contribution in [-0.4, -0.2) is 34.9 Å². The van der Waals surface area contributed by atoms with Gasteiger partial charge in [-0.15, -0.1) is 0 Å². The Morgan fingerprint density at radius 2 is 0.722 bits per heavy atom. The molecular weight excluding hydrogens is 663 g/mol. The highest BCUT2D eigenvalue weighted by atomic mass is 16.3. The van der Waals surface area contributed by atoms with E-state index >= 15 is 0 Å². The second-order valence-corrected chi connectivity index (χ2v) is 16.5. The molecule has 0 fully saturated rings. The summed E-state index contributed by atoms with van der Waals surface area (Å²) in [6.07, 6.45) is 61.5. The van der Waals surface area contributed by atoms with Crippen LogP contribution in [0.4, 0.5) is 0 Å². The van der Waals surface area contributed by atoms with Crippen molar-refractivity contribution in [3.8, 4) is 0 Å². The number of carbonyl (C=O) groups excluding carboxylic acids is 1. The minimum Gasteiger partial charge on any atom is -0.394 e. The molecule has 1 amide bonds. The van der Waals surface area contributed by atoms with Crippen LogP contribution in [0.5, 0.6) is 0 Å². The molecule has 0 spiro atoms. The Hall–Kier alpha value is -1.39. The van der Waals surface area contributed by atoms with E-state index in [9.17, 15) is 15.0 Å². The normalized spacial score (nSPS) is 13.2. The molecule has 4 nitrogen and oxygen atoms in total. The fraction of sp³-hybridized carbons (Fsp3) is 0.860. The van der Waals surface area contributed by atoms with E-state index < -0.39 is 12.1 Å². The van der Waals surface area contributed by atoms with Crippen LogP contribution in [0, 0.1) is 0 Å². The van der Waals surface area contributed by atoms with E-state index in [0.29, 0.717) is 6.42 Å². The monoisotopic (exact) mass is 758 g/mol. The van der Waals surface area contributed by atoms with Gasteiger partial charge in [-0.05, 0) is 44.9 Å². The fourth-order valence-corrected chi connectivity index (χ4v) is 7.39. The molecule has 0 aromatic heterocycles. The number of hydrogen-bond acceptors (Lipinski definition) is 3. The quantitative estimate of drug-likeness (QED) is 0.0428. The van der Waals surface area contributed by atoms with Crippen LogP contribution < -0.4 is 5.32 Å². The summed E-state index contributed by atoms with van der Waals surface area (Å²) in [5, 5.41) is 22.9. The maximum absolute atomic E-state index is 12.3. The summed E-state index contributed by atoms with van der Waals surface area (Å²) in [6.45, 7) is 4.29. The molecule has 318 valence electrons. The third-order valence-electron chi connectivity index (χ3n) is 11.1. The molecule has 0 aromatic rings. The summed E-state index contributed by atoms with van der Waals surface area (Å²) in [6, 6.07) is -0.641. The van der Waals surface area contributed by atoms with Crippen molar-refractivity contribution in [1.29, 1.82) is 0 Å². The van der Waals surface area contributed by atoms with Gasteiger partial charge in [-0.3, -0.25) is 4.79 Å². The third kappa shape index (κ3) is 41.8. The Labute approximate surface area is 338 Å². The predicted molar refractivity (Wildman–Crippen MR) is 239 cm³/mol. The second-order valence-electron chi connectivity index (χ2n) is 16.5. The van der Waals surface area contributed by atoms with Gasteiger partial charge >= 0.3 is 0 Å². The maximum Gasteiger partial charge on any atom is 0.220 e. The van der Waals surface area contributed by atoms with Gasteiger partial charge in [0.25, 0.3) is 0 Å². The summed E-state index contributed by atoms with van der Waals surface area (Å²) in [7, 11) is 0. The van der Waals surface area contributed by atoms with Crippen LogP contribution in [0.3, 0.4) is 0 Å². The number of rotatable bonds is 44. The lowest BCUT2D eigenvalue weighted by atomic mass is 10.0. The van der Waals surface area contributed by atoms with E-state index in [-0.39, 0.29) is 12.5 Å². The SMILES string of the molecule is CCCCCCCCCCCCCCCCCCCCCCCC/C=C/CC/C=C/CC/C=C/C(O)C(CO)NC(=O)CCCCCCCCCCCC. The number of aliphatic hydroxyl groups is 2. The van der Waals surface area contributed by atoms with Crippen molar-refractivity contribution in [2.75, 3.05) is 6.61 Å². The van der Waals surface area contributed by atoms with Crippen molar-refractivity contribution in [3.63, 3.8) is 0 Å². The Morgan fingerprint density at radius 1 is 0.426 bits per heavy atom. The lowest BCUT2D eigenvalue weighted by Crippen LogP contribution is -2.45. The van der Waals surface area contributed by atoms with Crippen LogP contribution in [-0.2, 0) is 4.79 Å². The first kappa shape index (κ1) is 52.6. The summed E-state index contributed by atoms with van der Waals surface area (Å²) >= 11 is 0. The van der Waals surface area contributed by atoms with Crippen LogP contribution in [0.2, 0.25) is 0 Å². The van der Waals surface area contributed by atoms with E-state index in [4.69, 9.17) is 0 Å². The molecule has 0 radical (unpaired) electrons. The summed E-state index contributed by atoms with van der Waals surface area (Å²) in [4.78, 5) is 12.3. The van der Waals surface area contributed by atoms with Gasteiger partial charge in [-0.1, -0.05) is 243 Å². The fourth-order valence-electron chi connectivity index (χ4n) is 7.39. The lowest BCUT2D eigenvalue weighted by molar-refractivity contribution is -0.123. The van der Waals surface area contributed by atoms with E-state index in [1.54, 1.807) is 6.08 Å². The van der Waals surface area contributed by atoms with Crippen LogP contribution in [0.15, 0.2) is 36.5 Å². The highest BCUT2D eigenvalue weighted by Gasteiger charge is 2.17. The highest BCUT2D eigenvalue weighted by Crippen LogP contribution is 2.16. The van der Waals surface area contributed by atoms with Crippen molar-refractivity contribution in [3.05, 3.63) is 36.5 Å². The molecule has 0 saturated heterocycles. The van der Waals surface area contributed by atoms with E-state index in [2.05, 4.69) is 43.5 Å². The number of allylic oxidation sites excluding steroid dienone is 5. The minimum atomic E-state index is -0.866. The number of aliphatic hydroxyl groups excluding tert-OH is 2. The van der Waals surface area contributed by atoms with Crippen molar-refractivity contribution < 1.29 is 15.0 Å². The number of carbonyl (C=O) groups is 1. The zero-order valence-corrected chi connectivity index (χ0v) is 36.5. The van der Waals surface area contributed by atoms with Gasteiger partial charge in [0.1, 0.15) is 0 Å². The van der Waals surface area contributed by atoms with Gasteiger partial charge in [-0.2, -0.15) is 0 Å². The van der Waals surface area contributed by atoms with Gasteiger partial charge in [0.05, 0.1) is 18.8 Å². The first-order valence-electron chi connectivity index (χ1n) is 24.2. The third-order valence-corrected chi connectivity index (χ3v) is 11.1. The molecule has 3 N–H and O–H groups in total. The number of amides is 1.